The number of para-hydroxylation sites is 2. The number of imidazole rings is 1. The Kier molecular flexibility index (Phi) is 6.04. The van der Waals surface area contributed by atoms with Gasteiger partial charge in [0, 0.05) is 23.2 Å². The number of likely N-dealkylation sites (tertiary alicyclic amines) is 1. The van der Waals surface area contributed by atoms with Gasteiger partial charge in [0.1, 0.15) is 12.4 Å². The molecule has 30 heavy (non-hydrogen) atoms. The van der Waals surface area contributed by atoms with E-state index in [9.17, 15) is 9.59 Å². The molecule has 1 aliphatic heterocycles. The molecule has 2 amide bonds. The van der Waals surface area contributed by atoms with Crippen LogP contribution >= 0.6 is 11.6 Å². The highest BCUT2D eigenvalue weighted by molar-refractivity contribution is 6.30. The molecule has 1 saturated heterocycles. The van der Waals surface area contributed by atoms with Crippen LogP contribution in [0.4, 0.5) is 0 Å². The maximum atomic E-state index is 13.0. The molecule has 156 valence electrons. The van der Waals surface area contributed by atoms with Crippen molar-refractivity contribution in [2.75, 3.05) is 6.54 Å². The van der Waals surface area contributed by atoms with Crippen molar-refractivity contribution < 1.29 is 9.59 Å². The number of rotatable bonds is 5. The van der Waals surface area contributed by atoms with Crippen LogP contribution in [0.25, 0.3) is 11.0 Å². The van der Waals surface area contributed by atoms with Crippen molar-refractivity contribution in [2.24, 2.45) is 0 Å². The third-order valence-corrected chi connectivity index (χ3v) is 5.92. The minimum atomic E-state index is -0.207. The normalized spacial score (nSPS) is 16.6. The highest BCUT2D eigenvalue weighted by atomic mass is 35.5. The van der Waals surface area contributed by atoms with Crippen molar-refractivity contribution in [2.45, 2.75) is 45.3 Å². The lowest BCUT2D eigenvalue weighted by Crippen LogP contribution is -2.43. The summed E-state index contributed by atoms with van der Waals surface area (Å²) in [5.74, 6) is 0.549. The fourth-order valence-electron chi connectivity index (χ4n) is 3.99. The Labute approximate surface area is 180 Å². The number of halogens is 1. The number of nitrogens with zero attached hydrogens (tertiary/aromatic N) is 3. The van der Waals surface area contributed by atoms with Crippen molar-refractivity contribution in [3.05, 3.63) is 64.9 Å². The second-order valence-corrected chi connectivity index (χ2v) is 8.16. The first-order chi connectivity index (χ1) is 14.5. The third-order valence-electron chi connectivity index (χ3n) is 5.66. The number of fused-ring (bicyclic) bond motifs is 1. The van der Waals surface area contributed by atoms with E-state index in [2.05, 4.69) is 17.2 Å². The summed E-state index contributed by atoms with van der Waals surface area (Å²) in [6.45, 7) is 3.36. The summed E-state index contributed by atoms with van der Waals surface area (Å²) in [5.41, 5.74) is 2.24. The van der Waals surface area contributed by atoms with Crippen LogP contribution in [0, 0.1) is 0 Å². The van der Waals surface area contributed by atoms with E-state index >= 15 is 0 Å². The summed E-state index contributed by atoms with van der Waals surface area (Å²) >= 11 is 5.90. The van der Waals surface area contributed by atoms with Gasteiger partial charge in [-0.1, -0.05) is 23.7 Å². The van der Waals surface area contributed by atoms with Gasteiger partial charge in [-0.2, -0.15) is 0 Å². The van der Waals surface area contributed by atoms with Gasteiger partial charge in [-0.25, -0.2) is 4.98 Å². The Bertz CT molecular complexity index is 1060. The molecule has 4 rings (SSSR count). The van der Waals surface area contributed by atoms with Crippen LogP contribution in [0.15, 0.2) is 48.5 Å². The van der Waals surface area contributed by atoms with E-state index in [-0.39, 0.29) is 30.9 Å². The highest BCUT2D eigenvalue weighted by Gasteiger charge is 2.24. The summed E-state index contributed by atoms with van der Waals surface area (Å²) in [4.78, 5) is 32.2. The molecule has 0 saturated carbocycles. The molecule has 0 aliphatic carbocycles. The zero-order chi connectivity index (χ0) is 21.1. The lowest BCUT2D eigenvalue weighted by Gasteiger charge is -2.33. The van der Waals surface area contributed by atoms with Gasteiger partial charge in [0.25, 0.3) is 5.91 Å². The number of piperidine rings is 1. The first kappa shape index (κ1) is 20.4. The maximum absolute atomic E-state index is 13.0. The second-order valence-electron chi connectivity index (χ2n) is 7.72. The van der Waals surface area contributed by atoms with Gasteiger partial charge in [-0.15, -0.1) is 0 Å². The zero-order valence-electron chi connectivity index (χ0n) is 17.0. The number of amides is 2. The molecule has 1 unspecified atom stereocenters. The quantitative estimate of drug-likeness (QED) is 0.672. The predicted molar refractivity (Wildman–Crippen MR) is 117 cm³/mol. The molecule has 1 atom stereocenters. The average Bonchev–Trinajstić information content (AvgIpc) is 3.10. The van der Waals surface area contributed by atoms with Crippen molar-refractivity contribution in [1.82, 2.24) is 19.8 Å². The number of benzene rings is 2. The Balaban J connectivity index is 1.54. The number of carbonyl (C=O) groups is 2. The van der Waals surface area contributed by atoms with Crippen LogP contribution in [0.5, 0.6) is 0 Å². The molecule has 1 aliphatic rings. The number of hydrogen-bond acceptors (Lipinski definition) is 3. The van der Waals surface area contributed by atoms with Crippen LogP contribution in [0.1, 0.15) is 42.4 Å². The molecule has 1 N–H and O–H groups in total. The molecule has 0 bridgehead atoms. The van der Waals surface area contributed by atoms with Crippen molar-refractivity contribution in [3.8, 4) is 0 Å². The second kappa shape index (κ2) is 8.88. The van der Waals surface area contributed by atoms with E-state index in [0.717, 1.165) is 30.4 Å². The fourth-order valence-corrected chi connectivity index (χ4v) is 4.12. The lowest BCUT2D eigenvalue weighted by molar-refractivity contribution is -0.135. The smallest absolute Gasteiger partial charge is 0.251 e. The summed E-state index contributed by atoms with van der Waals surface area (Å²) in [5, 5.41) is 3.49. The number of aromatic nitrogens is 2. The summed E-state index contributed by atoms with van der Waals surface area (Å²) in [6, 6.07) is 14.7. The fraction of sp³-hybridized carbons (Fsp3) is 0.348. The van der Waals surface area contributed by atoms with Gasteiger partial charge in [-0.3, -0.25) is 9.59 Å². The van der Waals surface area contributed by atoms with Gasteiger partial charge < -0.3 is 14.8 Å². The van der Waals surface area contributed by atoms with Crippen LogP contribution in [0.3, 0.4) is 0 Å². The maximum Gasteiger partial charge on any atom is 0.251 e. The SMILES string of the molecule is CC1CCCCN1C(=O)Cn1c(CNC(=O)c2ccc(Cl)cc2)nc2ccccc21. The largest absolute Gasteiger partial charge is 0.345 e. The van der Waals surface area contributed by atoms with Crippen LogP contribution < -0.4 is 5.32 Å². The van der Waals surface area contributed by atoms with E-state index in [1.54, 1.807) is 24.3 Å². The van der Waals surface area contributed by atoms with Gasteiger partial charge in [0.05, 0.1) is 17.6 Å². The molecule has 6 nitrogen and oxygen atoms in total. The van der Waals surface area contributed by atoms with Crippen LogP contribution in [-0.4, -0.2) is 38.9 Å². The van der Waals surface area contributed by atoms with Crippen molar-refractivity contribution in [1.29, 1.82) is 0 Å². The van der Waals surface area contributed by atoms with E-state index < -0.39 is 0 Å². The molecule has 0 spiro atoms. The Morgan fingerprint density at radius 2 is 1.90 bits per heavy atom. The van der Waals surface area contributed by atoms with Gasteiger partial charge in [0.15, 0.2) is 0 Å². The molecule has 3 aromatic rings. The van der Waals surface area contributed by atoms with E-state index in [0.29, 0.717) is 16.4 Å². The topological polar surface area (TPSA) is 67.2 Å². The highest BCUT2D eigenvalue weighted by Crippen LogP contribution is 2.20. The predicted octanol–water partition coefficient (Wildman–Crippen LogP) is 4.02. The zero-order valence-corrected chi connectivity index (χ0v) is 17.7. The average molecular weight is 425 g/mol. The standard InChI is InChI=1S/C23H25ClN4O2/c1-16-6-4-5-13-27(16)22(29)15-28-20-8-3-2-7-19(20)26-21(28)14-25-23(30)17-9-11-18(24)12-10-17/h2-3,7-12,16H,4-6,13-15H2,1H3,(H,25,30). The number of hydrogen-bond donors (Lipinski definition) is 1. The monoisotopic (exact) mass is 424 g/mol. The lowest BCUT2D eigenvalue weighted by atomic mass is 10.0. The molecule has 2 heterocycles. The van der Waals surface area contributed by atoms with Gasteiger partial charge in [0.2, 0.25) is 5.91 Å². The number of nitrogens with one attached hydrogen (secondary N) is 1. The summed E-state index contributed by atoms with van der Waals surface area (Å²) < 4.78 is 1.92. The van der Waals surface area contributed by atoms with Gasteiger partial charge >= 0.3 is 0 Å². The van der Waals surface area contributed by atoms with Crippen molar-refractivity contribution >= 4 is 34.4 Å². The number of carbonyl (C=O) groups excluding carboxylic acids is 2. The molecule has 7 heteroatoms. The minimum absolute atomic E-state index is 0.0932. The molecule has 1 fully saturated rings. The summed E-state index contributed by atoms with van der Waals surface area (Å²) in [7, 11) is 0. The minimum Gasteiger partial charge on any atom is -0.345 e. The molecule has 1 aromatic heterocycles. The van der Waals surface area contributed by atoms with Crippen LogP contribution in [0.2, 0.25) is 5.02 Å². The molecule has 0 radical (unpaired) electrons. The van der Waals surface area contributed by atoms with E-state index in [1.165, 1.54) is 6.42 Å². The first-order valence-corrected chi connectivity index (χ1v) is 10.7. The third kappa shape index (κ3) is 4.33. The Morgan fingerprint density at radius 1 is 1.13 bits per heavy atom. The molecular weight excluding hydrogens is 400 g/mol. The van der Waals surface area contributed by atoms with Crippen molar-refractivity contribution in [3.63, 3.8) is 0 Å². The first-order valence-electron chi connectivity index (χ1n) is 10.3. The van der Waals surface area contributed by atoms with E-state index in [4.69, 9.17) is 11.6 Å². The summed E-state index contributed by atoms with van der Waals surface area (Å²) in [6.07, 6.45) is 3.26. The van der Waals surface area contributed by atoms with E-state index in [1.807, 2.05) is 33.7 Å². The molecule has 2 aromatic carbocycles. The Hall–Kier alpha value is -2.86. The van der Waals surface area contributed by atoms with Crippen LogP contribution in [-0.2, 0) is 17.9 Å². The Morgan fingerprint density at radius 3 is 2.67 bits per heavy atom. The molecular formula is C23H25ClN4O2. The van der Waals surface area contributed by atoms with Gasteiger partial charge in [-0.05, 0) is 62.6 Å².